The maximum atomic E-state index is 11.6. The molecule has 20 heavy (non-hydrogen) atoms. The topological polar surface area (TPSA) is 38.8 Å². The quantitative estimate of drug-likeness (QED) is 0.514. The van der Waals surface area contributed by atoms with Gasteiger partial charge in [-0.1, -0.05) is 19.1 Å². The van der Waals surface area contributed by atoms with Crippen molar-refractivity contribution in [3.8, 4) is 5.75 Å². The van der Waals surface area contributed by atoms with E-state index in [4.69, 9.17) is 9.47 Å². The summed E-state index contributed by atoms with van der Waals surface area (Å²) in [5, 5.41) is 0. The van der Waals surface area contributed by atoms with E-state index in [1.54, 1.807) is 7.11 Å². The molecule has 112 valence electrons. The minimum Gasteiger partial charge on any atom is -0.497 e. The van der Waals surface area contributed by atoms with Gasteiger partial charge in [0.15, 0.2) is 0 Å². The van der Waals surface area contributed by atoms with Crippen molar-refractivity contribution in [1.82, 2.24) is 4.90 Å². The van der Waals surface area contributed by atoms with Crippen LogP contribution in [0.15, 0.2) is 24.3 Å². The second-order valence-corrected chi connectivity index (χ2v) is 4.82. The predicted octanol–water partition coefficient (Wildman–Crippen LogP) is 2.51. The molecule has 0 atom stereocenters. The molecule has 0 N–H and O–H groups in total. The third-order valence-electron chi connectivity index (χ3n) is 3.26. The van der Waals surface area contributed by atoms with Crippen LogP contribution >= 0.6 is 0 Å². The molecule has 0 heterocycles. The molecule has 1 aromatic carbocycles. The highest BCUT2D eigenvalue weighted by Gasteiger charge is 2.04. The Morgan fingerprint density at radius 2 is 1.95 bits per heavy atom. The van der Waals surface area contributed by atoms with Crippen molar-refractivity contribution in [2.45, 2.75) is 26.2 Å². The Hall–Kier alpha value is -1.55. The van der Waals surface area contributed by atoms with Gasteiger partial charge in [-0.05, 0) is 44.1 Å². The van der Waals surface area contributed by atoms with Gasteiger partial charge >= 0.3 is 5.97 Å². The Balaban J connectivity index is 2.16. The van der Waals surface area contributed by atoms with Crippen molar-refractivity contribution in [2.75, 3.05) is 33.9 Å². The molecule has 0 amide bonds. The molecule has 4 nitrogen and oxygen atoms in total. The molecule has 0 unspecified atom stereocenters. The Morgan fingerprint density at radius 3 is 2.55 bits per heavy atom. The van der Waals surface area contributed by atoms with E-state index in [1.807, 2.05) is 24.3 Å². The summed E-state index contributed by atoms with van der Waals surface area (Å²) in [6, 6.07) is 7.76. The highest BCUT2D eigenvalue weighted by atomic mass is 16.5. The number of ether oxygens (including phenoxy) is 2. The summed E-state index contributed by atoms with van der Waals surface area (Å²) < 4.78 is 10.3. The number of carbonyl (C=O) groups is 1. The molecule has 0 fully saturated rings. The molecule has 4 heteroatoms. The lowest BCUT2D eigenvalue weighted by Crippen LogP contribution is -2.20. The molecule has 1 rings (SSSR count). The lowest BCUT2D eigenvalue weighted by Gasteiger charge is -2.13. The molecule has 0 saturated carbocycles. The van der Waals surface area contributed by atoms with Gasteiger partial charge in [-0.25, -0.2) is 0 Å². The monoisotopic (exact) mass is 279 g/mol. The molecule has 0 aromatic heterocycles. The Bertz CT molecular complexity index is 389. The summed E-state index contributed by atoms with van der Waals surface area (Å²) in [6.45, 7) is 4.60. The molecule has 0 radical (unpaired) electrons. The van der Waals surface area contributed by atoms with E-state index >= 15 is 0 Å². The third kappa shape index (κ3) is 6.57. The van der Waals surface area contributed by atoms with E-state index in [1.165, 1.54) is 0 Å². The molecular weight excluding hydrogens is 254 g/mol. The number of esters is 1. The summed E-state index contributed by atoms with van der Waals surface area (Å²) in [6.07, 6.45) is 2.02. The predicted molar refractivity (Wildman–Crippen MR) is 80.1 cm³/mol. The van der Waals surface area contributed by atoms with Crippen molar-refractivity contribution in [3.05, 3.63) is 29.8 Å². The number of benzene rings is 1. The number of methoxy groups -OCH3 is 1. The second kappa shape index (κ2) is 9.37. The number of hydrogen-bond donors (Lipinski definition) is 0. The van der Waals surface area contributed by atoms with Crippen LogP contribution in [0.4, 0.5) is 0 Å². The van der Waals surface area contributed by atoms with Gasteiger partial charge in [-0.3, -0.25) is 4.79 Å². The van der Waals surface area contributed by atoms with Crippen LogP contribution in [0.5, 0.6) is 5.75 Å². The fourth-order valence-electron chi connectivity index (χ4n) is 1.79. The van der Waals surface area contributed by atoms with Gasteiger partial charge in [0.2, 0.25) is 0 Å². The average molecular weight is 279 g/mol. The minimum absolute atomic E-state index is 0.125. The van der Waals surface area contributed by atoms with Crippen LogP contribution < -0.4 is 4.74 Å². The smallest absolute Gasteiger partial charge is 0.306 e. The van der Waals surface area contributed by atoms with E-state index in [-0.39, 0.29) is 5.97 Å². The van der Waals surface area contributed by atoms with E-state index < -0.39 is 0 Å². The highest BCUT2D eigenvalue weighted by molar-refractivity contribution is 5.69. The number of hydrogen-bond acceptors (Lipinski definition) is 4. The van der Waals surface area contributed by atoms with Crippen LogP contribution in [0.25, 0.3) is 0 Å². The SMILES string of the molecule is CCN(C)CCCOC(=O)CCc1ccc(OC)cc1. The molecule has 0 saturated heterocycles. The van der Waals surface area contributed by atoms with Crippen molar-refractivity contribution < 1.29 is 14.3 Å². The largest absolute Gasteiger partial charge is 0.497 e. The molecule has 1 aromatic rings. The van der Waals surface area contributed by atoms with E-state index in [9.17, 15) is 4.79 Å². The maximum Gasteiger partial charge on any atom is 0.306 e. The van der Waals surface area contributed by atoms with Crippen LogP contribution in [0.3, 0.4) is 0 Å². The highest BCUT2D eigenvalue weighted by Crippen LogP contribution is 2.12. The van der Waals surface area contributed by atoms with Gasteiger partial charge in [0, 0.05) is 13.0 Å². The van der Waals surface area contributed by atoms with Crippen molar-refractivity contribution in [1.29, 1.82) is 0 Å². The van der Waals surface area contributed by atoms with Gasteiger partial charge in [-0.2, -0.15) is 0 Å². The number of carbonyl (C=O) groups excluding carboxylic acids is 1. The Morgan fingerprint density at radius 1 is 1.25 bits per heavy atom. The van der Waals surface area contributed by atoms with Gasteiger partial charge in [0.1, 0.15) is 5.75 Å². The molecule has 0 bridgehead atoms. The van der Waals surface area contributed by atoms with Crippen molar-refractivity contribution in [3.63, 3.8) is 0 Å². The first-order valence-corrected chi connectivity index (χ1v) is 7.12. The summed E-state index contributed by atoms with van der Waals surface area (Å²) in [4.78, 5) is 13.8. The minimum atomic E-state index is -0.125. The fourth-order valence-corrected chi connectivity index (χ4v) is 1.79. The Kier molecular flexibility index (Phi) is 7.73. The number of aryl methyl sites for hydroxylation is 1. The lowest BCUT2D eigenvalue weighted by atomic mass is 10.1. The first-order chi connectivity index (χ1) is 9.65. The fraction of sp³-hybridized carbons (Fsp3) is 0.562. The van der Waals surface area contributed by atoms with Crippen molar-refractivity contribution >= 4 is 5.97 Å². The number of nitrogens with zero attached hydrogens (tertiary/aromatic N) is 1. The average Bonchev–Trinajstić information content (AvgIpc) is 2.49. The molecule has 0 aliphatic rings. The summed E-state index contributed by atoms with van der Waals surface area (Å²) in [5.41, 5.74) is 1.12. The van der Waals surface area contributed by atoms with Gasteiger partial charge < -0.3 is 14.4 Å². The lowest BCUT2D eigenvalue weighted by molar-refractivity contribution is -0.143. The van der Waals surface area contributed by atoms with E-state index in [2.05, 4.69) is 18.9 Å². The van der Waals surface area contributed by atoms with Gasteiger partial charge in [-0.15, -0.1) is 0 Å². The zero-order chi connectivity index (χ0) is 14.8. The van der Waals surface area contributed by atoms with Crippen LogP contribution in [0.1, 0.15) is 25.3 Å². The summed E-state index contributed by atoms with van der Waals surface area (Å²) >= 11 is 0. The Labute approximate surface area is 121 Å². The molecule has 0 spiro atoms. The molecular formula is C16H25NO3. The second-order valence-electron chi connectivity index (χ2n) is 4.82. The van der Waals surface area contributed by atoms with Crippen LogP contribution in [0, 0.1) is 0 Å². The van der Waals surface area contributed by atoms with E-state index in [0.717, 1.165) is 30.8 Å². The van der Waals surface area contributed by atoms with Gasteiger partial charge in [0.05, 0.1) is 13.7 Å². The third-order valence-corrected chi connectivity index (χ3v) is 3.26. The molecule has 0 aliphatic heterocycles. The first-order valence-electron chi connectivity index (χ1n) is 7.12. The van der Waals surface area contributed by atoms with Crippen LogP contribution in [0.2, 0.25) is 0 Å². The first kappa shape index (κ1) is 16.5. The molecule has 0 aliphatic carbocycles. The number of rotatable bonds is 9. The van der Waals surface area contributed by atoms with E-state index in [0.29, 0.717) is 19.4 Å². The van der Waals surface area contributed by atoms with Gasteiger partial charge in [0.25, 0.3) is 0 Å². The standard InChI is InChI=1S/C16H25NO3/c1-4-17(2)12-5-13-20-16(18)11-8-14-6-9-15(19-3)10-7-14/h6-7,9-10H,4-5,8,11-13H2,1-3H3. The zero-order valence-corrected chi connectivity index (χ0v) is 12.7. The van der Waals surface area contributed by atoms with Crippen molar-refractivity contribution in [2.24, 2.45) is 0 Å². The maximum absolute atomic E-state index is 11.6. The normalized spacial score (nSPS) is 10.6. The van der Waals surface area contributed by atoms with Crippen LogP contribution in [-0.4, -0.2) is 44.7 Å². The summed E-state index contributed by atoms with van der Waals surface area (Å²) in [5.74, 6) is 0.705. The zero-order valence-electron chi connectivity index (χ0n) is 12.7. The summed E-state index contributed by atoms with van der Waals surface area (Å²) in [7, 11) is 3.70. The van der Waals surface area contributed by atoms with Crippen LogP contribution in [-0.2, 0) is 16.0 Å².